The molecule has 0 bridgehead atoms. The highest BCUT2D eigenvalue weighted by Gasteiger charge is 2.14. The zero-order valence-electron chi connectivity index (χ0n) is 15.2. The molecule has 3 N–H and O–H groups in total. The van der Waals surface area contributed by atoms with Gasteiger partial charge in [0.1, 0.15) is 5.75 Å². The number of nitrogens with one attached hydrogen (secondary N) is 3. The van der Waals surface area contributed by atoms with E-state index in [2.05, 4.69) is 16.0 Å². The lowest BCUT2D eigenvalue weighted by Gasteiger charge is -2.14. The molecule has 0 aliphatic carbocycles. The molecule has 0 radical (unpaired) electrons. The number of furan rings is 1. The minimum atomic E-state index is -0.428. The zero-order valence-corrected chi connectivity index (χ0v) is 16.8. The number of benzene rings is 2. The number of thiocarbonyl (C=S) groups is 1. The van der Waals surface area contributed by atoms with Crippen molar-refractivity contribution in [1.82, 2.24) is 5.32 Å². The number of hydrogen-bond donors (Lipinski definition) is 3. The van der Waals surface area contributed by atoms with E-state index in [-0.39, 0.29) is 10.9 Å². The van der Waals surface area contributed by atoms with Gasteiger partial charge < -0.3 is 19.8 Å². The van der Waals surface area contributed by atoms with E-state index in [1.165, 1.54) is 13.4 Å². The number of carbonyl (C=O) groups is 2. The third-order valence-electron chi connectivity index (χ3n) is 3.80. The number of ether oxygens (including phenoxy) is 1. The standard InChI is InChI=1S/C20H16ClN3O4S/c1-27-17-11-12(8-9-15(17)23-19(26)16-7-4-10-28-16)22-20(29)24-18(25)13-5-2-3-6-14(13)21/h2-11H,1H3,(H,23,26)(H2,22,24,25,29). The van der Waals surface area contributed by atoms with Crippen molar-refractivity contribution in [3.8, 4) is 5.75 Å². The molecule has 9 heteroatoms. The molecular formula is C20H16ClN3O4S. The van der Waals surface area contributed by atoms with Crippen molar-refractivity contribution in [1.29, 1.82) is 0 Å². The predicted octanol–water partition coefficient (Wildman–Crippen LogP) is 4.32. The average Bonchev–Trinajstić information content (AvgIpc) is 3.24. The van der Waals surface area contributed by atoms with Gasteiger partial charge in [-0.1, -0.05) is 23.7 Å². The van der Waals surface area contributed by atoms with Crippen molar-refractivity contribution >= 4 is 52.1 Å². The van der Waals surface area contributed by atoms with E-state index >= 15 is 0 Å². The van der Waals surface area contributed by atoms with Crippen LogP contribution in [0.5, 0.6) is 5.75 Å². The molecule has 148 valence electrons. The van der Waals surface area contributed by atoms with Crippen molar-refractivity contribution in [3.05, 3.63) is 77.2 Å². The molecule has 1 aromatic heterocycles. The lowest BCUT2D eigenvalue weighted by atomic mass is 10.2. The molecule has 7 nitrogen and oxygen atoms in total. The minimum absolute atomic E-state index is 0.0874. The first-order valence-corrected chi connectivity index (χ1v) is 9.16. The Kier molecular flexibility index (Phi) is 6.48. The summed E-state index contributed by atoms with van der Waals surface area (Å²) in [6, 6.07) is 14.8. The monoisotopic (exact) mass is 429 g/mol. The van der Waals surface area contributed by atoms with Crippen LogP contribution in [0.2, 0.25) is 5.02 Å². The number of carbonyl (C=O) groups excluding carboxylic acids is 2. The molecule has 0 saturated carbocycles. The van der Waals surface area contributed by atoms with E-state index in [1.54, 1.807) is 54.6 Å². The highest BCUT2D eigenvalue weighted by atomic mass is 35.5. The molecular weight excluding hydrogens is 414 g/mol. The maximum Gasteiger partial charge on any atom is 0.291 e. The molecule has 3 aromatic rings. The number of anilines is 2. The third kappa shape index (κ3) is 5.13. The molecule has 0 saturated heterocycles. The van der Waals surface area contributed by atoms with E-state index in [0.717, 1.165) is 0 Å². The SMILES string of the molecule is COc1cc(NC(=S)NC(=O)c2ccccc2Cl)ccc1NC(=O)c1ccco1. The molecule has 29 heavy (non-hydrogen) atoms. The van der Waals surface area contributed by atoms with Crippen LogP contribution in [-0.2, 0) is 0 Å². The van der Waals surface area contributed by atoms with Gasteiger partial charge in [0, 0.05) is 11.8 Å². The van der Waals surface area contributed by atoms with Crippen LogP contribution >= 0.6 is 23.8 Å². The van der Waals surface area contributed by atoms with Crippen molar-refractivity contribution in [3.63, 3.8) is 0 Å². The highest BCUT2D eigenvalue weighted by Crippen LogP contribution is 2.28. The Morgan fingerprint density at radius 1 is 1.03 bits per heavy atom. The Morgan fingerprint density at radius 2 is 1.83 bits per heavy atom. The number of rotatable bonds is 5. The molecule has 0 fully saturated rings. The summed E-state index contributed by atoms with van der Waals surface area (Å²) >= 11 is 11.2. The van der Waals surface area contributed by atoms with Crippen LogP contribution in [-0.4, -0.2) is 24.0 Å². The van der Waals surface area contributed by atoms with E-state index in [0.29, 0.717) is 27.7 Å². The van der Waals surface area contributed by atoms with E-state index < -0.39 is 11.8 Å². The van der Waals surface area contributed by atoms with E-state index in [9.17, 15) is 9.59 Å². The summed E-state index contributed by atoms with van der Waals surface area (Å²) in [6.07, 6.45) is 1.41. The van der Waals surface area contributed by atoms with Crippen LogP contribution in [0.15, 0.2) is 65.3 Å². The largest absolute Gasteiger partial charge is 0.494 e. The topological polar surface area (TPSA) is 92.6 Å². The Morgan fingerprint density at radius 3 is 2.52 bits per heavy atom. The minimum Gasteiger partial charge on any atom is -0.494 e. The first-order chi connectivity index (χ1) is 14.0. The van der Waals surface area contributed by atoms with Gasteiger partial charge in [0.2, 0.25) is 0 Å². The van der Waals surface area contributed by atoms with E-state index in [4.69, 9.17) is 33.0 Å². The van der Waals surface area contributed by atoms with Crippen LogP contribution in [0, 0.1) is 0 Å². The van der Waals surface area contributed by atoms with E-state index in [1.807, 2.05) is 0 Å². The molecule has 0 aliphatic rings. The first kappa shape index (κ1) is 20.4. The van der Waals surface area contributed by atoms with Crippen molar-refractivity contribution in [2.45, 2.75) is 0 Å². The summed E-state index contributed by atoms with van der Waals surface area (Å²) in [5.74, 6) is -0.258. The number of halogens is 1. The summed E-state index contributed by atoms with van der Waals surface area (Å²) in [6.45, 7) is 0. The van der Waals surface area contributed by atoms with Crippen molar-refractivity contribution in [2.75, 3.05) is 17.7 Å². The van der Waals surface area contributed by atoms with Crippen LogP contribution in [0.4, 0.5) is 11.4 Å². The maximum absolute atomic E-state index is 12.3. The average molecular weight is 430 g/mol. The van der Waals surface area contributed by atoms with Crippen LogP contribution in [0.25, 0.3) is 0 Å². The number of amides is 2. The molecule has 1 heterocycles. The van der Waals surface area contributed by atoms with Gasteiger partial charge in [-0.2, -0.15) is 0 Å². The summed E-state index contributed by atoms with van der Waals surface area (Å²) < 4.78 is 10.4. The summed E-state index contributed by atoms with van der Waals surface area (Å²) in [4.78, 5) is 24.4. The Labute approximate surface area is 177 Å². The van der Waals surface area contributed by atoms with Gasteiger partial charge >= 0.3 is 0 Å². The normalized spacial score (nSPS) is 10.1. The van der Waals surface area contributed by atoms with Crippen molar-refractivity contribution in [2.24, 2.45) is 0 Å². The molecule has 0 spiro atoms. The second-order valence-corrected chi connectivity index (χ2v) is 6.55. The third-order valence-corrected chi connectivity index (χ3v) is 4.33. The fourth-order valence-electron chi connectivity index (χ4n) is 2.44. The van der Waals surface area contributed by atoms with Gasteiger partial charge in [-0.3, -0.25) is 14.9 Å². The summed E-state index contributed by atoms with van der Waals surface area (Å²) in [5.41, 5.74) is 1.32. The zero-order chi connectivity index (χ0) is 20.8. The quantitative estimate of drug-likeness (QED) is 0.523. The van der Waals surface area contributed by atoms with Gasteiger partial charge in [-0.15, -0.1) is 0 Å². The molecule has 2 amide bonds. The second kappa shape index (κ2) is 9.22. The van der Waals surface area contributed by atoms with Crippen LogP contribution in [0.3, 0.4) is 0 Å². The molecule has 0 aliphatic heterocycles. The van der Waals surface area contributed by atoms with Gasteiger partial charge in [-0.25, -0.2) is 0 Å². The fourth-order valence-corrected chi connectivity index (χ4v) is 2.87. The lowest BCUT2D eigenvalue weighted by molar-refractivity contribution is 0.0975. The van der Waals surface area contributed by atoms with Crippen molar-refractivity contribution < 1.29 is 18.7 Å². The summed E-state index contributed by atoms with van der Waals surface area (Å²) in [5, 5.41) is 8.57. The van der Waals surface area contributed by atoms with Gasteiger partial charge in [0.25, 0.3) is 11.8 Å². The lowest BCUT2D eigenvalue weighted by Crippen LogP contribution is -2.34. The summed E-state index contributed by atoms with van der Waals surface area (Å²) in [7, 11) is 1.47. The smallest absolute Gasteiger partial charge is 0.291 e. The van der Waals surface area contributed by atoms with Gasteiger partial charge in [0.05, 0.1) is 29.6 Å². The second-order valence-electron chi connectivity index (χ2n) is 5.73. The molecule has 0 atom stereocenters. The van der Waals surface area contributed by atoms with Gasteiger partial charge in [0.15, 0.2) is 10.9 Å². The molecule has 0 unspecified atom stereocenters. The highest BCUT2D eigenvalue weighted by molar-refractivity contribution is 7.80. The van der Waals surface area contributed by atoms with Crippen LogP contribution < -0.4 is 20.7 Å². The number of methoxy groups -OCH3 is 1. The first-order valence-electron chi connectivity index (χ1n) is 8.37. The molecule has 3 rings (SSSR count). The van der Waals surface area contributed by atoms with Crippen LogP contribution in [0.1, 0.15) is 20.9 Å². The predicted molar refractivity (Wildman–Crippen MR) is 115 cm³/mol. The maximum atomic E-state index is 12.3. The fraction of sp³-hybridized carbons (Fsp3) is 0.0500. The Hall–Kier alpha value is -3.36. The number of hydrogen-bond acceptors (Lipinski definition) is 5. The van der Waals surface area contributed by atoms with Gasteiger partial charge in [-0.05, 0) is 48.6 Å². The molecule has 2 aromatic carbocycles. The Balaban J connectivity index is 1.66. The Bertz CT molecular complexity index is 1050.